The quantitative estimate of drug-likeness (QED) is 0.921. The Labute approximate surface area is 118 Å². The minimum Gasteiger partial charge on any atom is -0.368 e. The van der Waals surface area contributed by atoms with Crippen LogP contribution in [-0.4, -0.2) is 27.5 Å². The molecule has 0 saturated heterocycles. The summed E-state index contributed by atoms with van der Waals surface area (Å²) in [6.45, 7) is 0.995. The molecule has 19 heavy (non-hydrogen) atoms. The van der Waals surface area contributed by atoms with Crippen LogP contribution in [0, 0.1) is 0 Å². The van der Waals surface area contributed by atoms with Crippen LogP contribution in [0.3, 0.4) is 0 Å². The number of rotatable bonds is 4. The molecule has 0 amide bonds. The fraction of sp³-hybridized carbons (Fsp3) is 0.467. The first-order valence-electron chi connectivity index (χ1n) is 6.82. The van der Waals surface area contributed by atoms with E-state index in [0.717, 1.165) is 23.3 Å². The van der Waals surface area contributed by atoms with E-state index in [9.17, 15) is 0 Å². The summed E-state index contributed by atoms with van der Waals surface area (Å²) in [5, 5.41) is 4.66. The number of benzene rings is 1. The predicted molar refractivity (Wildman–Crippen MR) is 82.7 cm³/mol. The van der Waals surface area contributed by atoms with E-state index in [1.807, 2.05) is 30.0 Å². The average Bonchev–Trinajstić information content (AvgIpc) is 2.94. The Kier molecular flexibility index (Phi) is 3.60. The molecule has 1 aliphatic rings. The van der Waals surface area contributed by atoms with Crippen LogP contribution in [0.15, 0.2) is 30.6 Å². The highest BCUT2D eigenvalue weighted by Gasteiger charge is 2.32. The summed E-state index contributed by atoms with van der Waals surface area (Å²) in [5.41, 5.74) is 1.00. The first-order chi connectivity index (χ1) is 9.33. The Morgan fingerprint density at radius 2 is 2.00 bits per heavy atom. The summed E-state index contributed by atoms with van der Waals surface area (Å²) >= 11 is 2.00. The van der Waals surface area contributed by atoms with Gasteiger partial charge in [-0.3, -0.25) is 0 Å². The van der Waals surface area contributed by atoms with Crippen LogP contribution >= 0.6 is 11.8 Å². The Balaban J connectivity index is 1.82. The minimum atomic E-state index is 0.395. The van der Waals surface area contributed by atoms with Crippen LogP contribution in [0.2, 0.25) is 0 Å². The van der Waals surface area contributed by atoms with Gasteiger partial charge in [0.25, 0.3) is 0 Å². The minimum absolute atomic E-state index is 0.395. The molecule has 3 nitrogen and oxygen atoms in total. The topological polar surface area (TPSA) is 37.8 Å². The third-order valence-corrected chi connectivity index (χ3v) is 5.49. The van der Waals surface area contributed by atoms with Crippen LogP contribution in [-0.2, 0) is 0 Å². The lowest BCUT2D eigenvalue weighted by Crippen LogP contribution is -2.30. The molecule has 1 heterocycles. The van der Waals surface area contributed by atoms with Crippen LogP contribution in [0.1, 0.15) is 25.7 Å². The fourth-order valence-corrected chi connectivity index (χ4v) is 3.78. The smallest absolute Gasteiger partial charge is 0.137 e. The Bertz CT molecular complexity index is 559. The van der Waals surface area contributed by atoms with Gasteiger partial charge in [0.15, 0.2) is 0 Å². The number of aromatic nitrogens is 2. The maximum absolute atomic E-state index is 4.40. The van der Waals surface area contributed by atoms with Crippen LogP contribution in [0.4, 0.5) is 5.82 Å². The molecule has 2 aromatic rings. The number of hydrogen-bond acceptors (Lipinski definition) is 4. The molecule has 1 aliphatic carbocycles. The highest BCUT2D eigenvalue weighted by molar-refractivity contribution is 8.00. The molecule has 0 bridgehead atoms. The molecule has 0 radical (unpaired) electrons. The molecule has 0 spiro atoms. The molecule has 1 aromatic carbocycles. The Hall–Kier alpha value is -1.29. The molecule has 0 aliphatic heterocycles. The van der Waals surface area contributed by atoms with E-state index in [2.05, 4.69) is 27.6 Å². The van der Waals surface area contributed by atoms with E-state index >= 15 is 0 Å². The summed E-state index contributed by atoms with van der Waals surface area (Å²) in [7, 11) is 0. The first-order valence-corrected chi connectivity index (χ1v) is 8.04. The predicted octanol–water partition coefficient (Wildman–Crippen LogP) is 3.72. The van der Waals surface area contributed by atoms with Crippen molar-refractivity contribution in [2.75, 3.05) is 18.1 Å². The van der Waals surface area contributed by atoms with E-state index < -0.39 is 0 Å². The molecule has 4 heteroatoms. The van der Waals surface area contributed by atoms with Gasteiger partial charge in [-0.1, -0.05) is 25.0 Å². The van der Waals surface area contributed by atoms with Crippen molar-refractivity contribution in [3.8, 4) is 0 Å². The van der Waals surface area contributed by atoms with Gasteiger partial charge in [-0.15, -0.1) is 0 Å². The molecule has 0 unspecified atom stereocenters. The zero-order valence-corrected chi connectivity index (χ0v) is 12.0. The third kappa shape index (κ3) is 2.54. The van der Waals surface area contributed by atoms with Gasteiger partial charge >= 0.3 is 0 Å². The van der Waals surface area contributed by atoms with Gasteiger partial charge in [-0.05, 0) is 31.2 Å². The van der Waals surface area contributed by atoms with Crippen molar-refractivity contribution in [3.05, 3.63) is 30.6 Å². The zero-order valence-electron chi connectivity index (χ0n) is 11.2. The largest absolute Gasteiger partial charge is 0.368 e. The number of fused-ring (bicyclic) bond motifs is 1. The second-order valence-electron chi connectivity index (χ2n) is 5.19. The maximum Gasteiger partial charge on any atom is 0.137 e. The van der Waals surface area contributed by atoms with Gasteiger partial charge in [0.1, 0.15) is 12.1 Å². The van der Waals surface area contributed by atoms with Crippen LogP contribution < -0.4 is 5.32 Å². The number of nitrogens with one attached hydrogen (secondary N) is 1. The SMILES string of the molecule is CSC1(CNc2ncnc3ccccc23)CCCC1. The van der Waals surface area contributed by atoms with Crippen molar-refractivity contribution in [1.29, 1.82) is 0 Å². The number of nitrogens with zero attached hydrogens (tertiary/aromatic N) is 2. The van der Waals surface area contributed by atoms with E-state index in [-0.39, 0.29) is 0 Å². The summed E-state index contributed by atoms with van der Waals surface area (Å²) in [4.78, 5) is 8.70. The number of para-hydroxylation sites is 1. The summed E-state index contributed by atoms with van der Waals surface area (Å²) in [6.07, 6.45) is 9.20. The highest BCUT2D eigenvalue weighted by atomic mass is 32.2. The van der Waals surface area contributed by atoms with Gasteiger partial charge in [0.05, 0.1) is 5.52 Å². The number of anilines is 1. The lowest BCUT2D eigenvalue weighted by atomic mass is 10.1. The molecular weight excluding hydrogens is 254 g/mol. The maximum atomic E-state index is 4.40. The first kappa shape index (κ1) is 12.7. The van der Waals surface area contributed by atoms with Crippen molar-refractivity contribution in [2.45, 2.75) is 30.4 Å². The monoisotopic (exact) mass is 273 g/mol. The van der Waals surface area contributed by atoms with Crippen LogP contribution in [0.5, 0.6) is 0 Å². The van der Waals surface area contributed by atoms with E-state index in [0.29, 0.717) is 4.75 Å². The second kappa shape index (κ2) is 5.37. The number of hydrogen-bond donors (Lipinski definition) is 1. The standard InChI is InChI=1S/C15H19N3S/c1-19-15(8-4-5-9-15)10-16-14-12-6-2-3-7-13(12)17-11-18-14/h2-3,6-7,11H,4-5,8-10H2,1H3,(H,16,17,18). The summed E-state index contributed by atoms with van der Waals surface area (Å²) in [6, 6.07) is 8.16. The van der Waals surface area contributed by atoms with Gasteiger partial charge in [-0.25, -0.2) is 9.97 Å². The van der Waals surface area contributed by atoms with Gasteiger partial charge < -0.3 is 5.32 Å². The second-order valence-corrected chi connectivity index (χ2v) is 6.46. The molecular formula is C15H19N3S. The molecule has 0 atom stereocenters. The fourth-order valence-electron chi connectivity index (χ4n) is 2.86. The van der Waals surface area contributed by atoms with Crippen molar-refractivity contribution in [2.24, 2.45) is 0 Å². The normalized spacial score (nSPS) is 17.7. The lowest BCUT2D eigenvalue weighted by molar-refractivity contribution is 0.639. The van der Waals surface area contributed by atoms with E-state index in [1.165, 1.54) is 25.7 Å². The van der Waals surface area contributed by atoms with E-state index in [4.69, 9.17) is 0 Å². The van der Waals surface area contributed by atoms with Crippen molar-refractivity contribution < 1.29 is 0 Å². The zero-order chi connectivity index (χ0) is 13.1. The molecule has 1 saturated carbocycles. The lowest BCUT2D eigenvalue weighted by Gasteiger charge is -2.27. The third-order valence-electron chi connectivity index (χ3n) is 4.07. The number of thioether (sulfide) groups is 1. The van der Waals surface area contributed by atoms with Gasteiger partial charge in [-0.2, -0.15) is 11.8 Å². The van der Waals surface area contributed by atoms with Crippen molar-refractivity contribution in [3.63, 3.8) is 0 Å². The average molecular weight is 273 g/mol. The van der Waals surface area contributed by atoms with Gasteiger partial charge in [0, 0.05) is 16.7 Å². The molecule has 3 rings (SSSR count). The van der Waals surface area contributed by atoms with Gasteiger partial charge in [0.2, 0.25) is 0 Å². The molecule has 1 N–H and O–H groups in total. The summed E-state index contributed by atoms with van der Waals surface area (Å²) in [5.74, 6) is 0.964. The molecule has 100 valence electrons. The highest BCUT2D eigenvalue weighted by Crippen LogP contribution is 2.40. The molecule has 1 fully saturated rings. The Morgan fingerprint density at radius 3 is 2.79 bits per heavy atom. The van der Waals surface area contributed by atoms with Crippen molar-refractivity contribution >= 4 is 28.5 Å². The van der Waals surface area contributed by atoms with E-state index in [1.54, 1.807) is 6.33 Å². The van der Waals surface area contributed by atoms with Crippen LogP contribution in [0.25, 0.3) is 10.9 Å². The van der Waals surface area contributed by atoms with Crippen molar-refractivity contribution in [1.82, 2.24) is 9.97 Å². The molecule has 1 aromatic heterocycles. The Morgan fingerprint density at radius 1 is 1.21 bits per heavy atom. The summed E-state index contributed by atoms with van der Waals surface area (Å²) < 4.78 is 0.395.